The third-order valence-electron chi connectivity index (χ3n) is 3.09. The zero-order chi connectivity index (χ0) is 12.8. The van der Waals surface area contributed by atoms with Crippen molar-refractivity contribution in [3.63, 3.8) is 0 Å². The molecule has 96 valence electrons. The van der Waals surface area contributed by atoms with Crippen molar-refractivity contribution >= 4 is 16.8 Å². The highest BCUT2D eigenvalue weighted by Gasteiger charge is 2.07. The lowest BCUT2D eigenvalue weighted by Gasteiger charge is -2.02. The summed E-state index contributed by atoms with van der Waals surface area (Å²) in [5.41, 5.74) is 1.65. The predicted molar refractivity (Wildman–Crippen MR) is 74.8 cm³/mol. The predicted octanol–water partition coefficient (Wildman–Crippen LogP) is 3.48. The van der Waals surface area contributed by atoms with Crippen molar-refractivity contribution in [3.05, 3.63) is 36.0 Å². The van der Waals surface area contributed by atoms with Crippen molar-refractivity contribution in [2.24, 2.45) is 0 Å². The molecule has 0 aliphatic heterocycles. The van der Waals surface area contributed by atoms with E-state index in [1.807, 2.05) is 30.3 Å². The number of hydrogen-bond donors (Lipinski definition) is 2. The number of carbonyl (C=O) groups is 1. The van der Waals surface area contributed by atoms with E-state index in [4.69, 9.17) is 0 Å². The number of amides is 1. The maximum atomic E-state index is 11.9. The highest BCUT2D eigenvalue weighted by atomic mass is 16.1. The van der Waals surface area contributed by atoms with Gasteiger partial charge in [0.1, 0.15) is 5.69 Å². The molecule has 3 nitrogen and oxygen atoms in total. The van der Waals surface area contributed by atoms with Crippen molar-refractivity contribution in [1.29, 1.82) is 0 Å². The minimum atomic E-state index is -0.0114. The molecular weight excluding hydrogens is 224 g/mol. The number of fused-ring (bicyclic) bond motifs is 1. The van der Waals surface area contributed by atoms with Crippen LogP contribution in [-0.4, -0.2) is 17.4 Å². The molecule has 0 aliphatic rings. The topological polar surface area (TPSA) is 44.9 Å². The Morgan fingerprint density at radius 1 is 1.22 bits per heavy atom. The first-order valence-corrected chi connectivity index (χ1v) is 6.67. The van der Waals surface area contributed by atoms with Crippen LogP contribution in [0.1, 0.15) is 43.1 Å². The molecule has 1 amide bonds. The lowest BCUT2D eigenvalue weighted by atomic mass is 10.2. The fourth-order valence-electron chi connectivity index (χ4n) is 2.04. The monoisotopic (exact) mass is 244 g/mol. The Morgan fingerprint density at radius 2 is 2.06 bits per heavy atom. The van der Waals surface area contributed by atoms with E-state index in [-0.39, 0.29) is 5.91 Å². The number of benzene rings is 1. The van der Waals surface area contributed by atoms with Gasteiger partial charge >= 0.3 is 0 Å². The molecule has 0 fully saturated rings. The van der Waals surface area contributed by atoms with Crippen LogP contribution in [-0.2, 0) is 0 Å². The van der Waals surface area contributed by atoms with Gasteiger partial charge in [-0.2, -0.15) is 0 Å². The van der Waals surface area contributed by atoms with Crippen molar-refractivity contribution in [2.75, 3.05) is 6.54 Å². The smallest absolute Gasteiger partial charge is 0.267 e. The summed E-state index contributed by atoms with van der Waals surface area (Å²) in [6.07, 6.45) is 4.70. The van der Waals surface area contributed by atoms with Crippen LogP contribution in [0.2, 0.25) is 0 Å². The minimum absolute atomic E-state index is 0.0114. The molecule has 1 heterocycles. The number of H-pyrrole nitrogens is 1. The fourth-order valence-corrected chi connectivity index (χ4v) is 2.04. The van der Waals surface area contributed by atoms with Gasteiger partial charge in [0.05, 0.1) is 0 Å². The molecule has 18 heavy (non-hydrogen) atoms. The van der Waals surface area contributed by atoms with E-state index >= 15 is 0 Å². The second kappa shape index (κ2) is 6.24. The molecule has 1 aromatic heterocycles. The number of para-hydroxylation sites is 1. The van der Waals surface area contributed by atoms with E-state index in [0.717, 1.165) is 23.9 Å². The van der Waals surface area contributed by atoms with Crippen molar-refractivity contribution in [3.8, 4) is 0 Å². The fraction of sp³-hybridized carbons (Fsp3) is 0.400. The summed E-state index contributed by atoms with van der Waals surface area (Å²) in [4.78, 5) is 15.0. The SMILES string of the molecule is CCCCCCNC(=O)c1cc2ccccc2[nH]1. The zero-order valence-corrected chi connectivity index (χ0v) is 10.8. The first-order chi connectivity index (χ1) is 8.81. The number of aromatic amines is 1. The molecule has 0 radical (unpaired) electrons. The van der Waals surface area contributed by atoms with Crippen LogP contribution < -0.4 is 5.32 Å². The quantitative estimate of drug-likeness (QED) is 0.751. The van der Waals surface area contributed by atoms with Crippen LogP contribution in [0.3, 0.4) is 0 Å². The Bertz CT molecular complexity index is 483. The Morgan fingerprint density at radius 3 is 2.83 bits per heavy atom. The van der Waals surface area contributed by atoms with E-state index in [2.05, 4.69) is 17.2 Å². The molecule has 1 aromatic carbocycles. The summed E-state index contributed by atoms with van der Waals surface area (Å²) in [5, 5.41) is 4.03. The van der Waals surface area contributed by atoms with Gasteiger partial charge in [0, 0.05) is 17.4 Å². The van der Waals surface area contributed by atoms with E-state index in [1.54, 1.807) is 0 Å². The van der Waals surface area contributed by atoms with E-state index in [1.165, 1.54) is 19.3 Å². The van der Waals surface area contributed by atoms with Crippen LogP contribution >= 0.6 is 0 Å². The molecule has 0 atom stereocenters. The number of aromatic nitrogens is 1. The van der Waals surface area contributed by atoms with Gasteiger partial charge in [0.15, 0.2) is 0 Å². The summed E-state index contributed by atoms with van der Waals surface area (Å²) >= 11 is 0. The standard InChI is InChI=1S/C15H20N2O/c1-2-3-4-7-10-16-15(18)14-11-12-8-5-6-9-13(12)17-14/h5-6,8-9,11,17H,2-4,7,10H2,1H3,(H,16,18). The summed E-state index contributed by atoms with van der Waals surface area (Å²) in [6.45, 7) is 2.94. The second-order valence-electron chi connectivity index (χ2n) is 4.59. The van der Waals surface area contributed by atoms with Crippen LogP contribution in [0.4, 0.5) is 0 Å². The van der Waals surface area contributed by atoms with Gasteiger partial charge in [0.2, 0.25) is 0 Å². The number of rotatable bonds is 6. The van der Waals surface area contributed by atoms with E-state index in [9.17, 15) is 4.79 Å². The maximum absolute atomic E-state index is 11.9. The molecule has 2 aromatic rings. The van der Waals surface area contributed by atoms with Crippen LogP contribution in [0.15, 0.2) is 30.3 Å². The molecule has 0 aliphatic carbocycles. The summed E-state index contributed by atoms with van der Waals surface area (Å²) in [6, 6.07) is 9.82. The molecule has 3 heteroatoms. The van der Waals surface area contributed by atoms with Crippen LogP contribution in [0, 0.1) is 0 Å². The first kappa shape index (κ1) is 12.7. The Kier molecular flexibility index (Phi) is 4.40. The van der Waals surface area contributed by atoms with Crippen molar-refractivity contribution in [1.82, 2.24) is 10.3 Å². The minimum Gasteiger partial charge on any atom is -0.351 e. The summed E-state index contributed by atoms with van der Waals surface area (Å²) in [7, 11) is 0. The molecular formula is C15H20N2O. The zero-order valence-electron chi connectivity index (χ0n) is 10.8. The van der Waals surface area contributed by atoms with E-state index < -0.39 is 0 Å². The number of unbranched alkanes of at least 4 members (excludes halogenated alkanes) is 3. The average Bonchev–Trinajstić information content (AvgIpc) is 2.82. The van der Waals surface area contributed by atoms with Crippen LogP contribution in [0.5, 0.6) is 0 Å². The number of nitrogens with one attached hydrogen (secondary N) is 2. The molecule has 0 spiro atoms. The largest absolute Gasteiger partial charge is 0.351 e. The van der Waals surface area contributed by atoms with Crippen molar-refractivity contribution in [2.45, 2.75) is 32.6 Å². The molecule has 0 bridgehead atoms. The molecule has 0 saturated heterocycles. The van der Waals surface area contributed by atoms with Gasteiger partial charge in [-0.3, -0.25) is 4.79 Å². The Labute approximate surface area is 108 Å². The lowest BCUT2D eigenvalue weighted by molar-refractivity contribution is 0.0949. The van der Waals surface area contributed by atoms with Gasteiger partial charge in [-0.25, -0.2) is 0 Å². The lowest BCUT2D eigenvalue weighted by Crippen LogP contribution is -2.24. The van der Waals surface area contributed by atoms with Gasteiger partial charge in [0.25, 0.3) is 5.91 Å². The van der Waals surface area contributed by atoms with Gasteiger partial charge in [-0.1, -0.05) is 44.4 Å². The van der Waals surface area contributed by atoms with Crippen molar-refractivity contribution < 1.29 is 4.79 Å². The first-order valence-electron chi connectivity index (χ1n) is 6.67. The maximum Gasteiger partial charge on any atom is 0.267 e. The third kappa shape index (κ3) is 3.13. The summed E-state index contributed by atoms with van der Waals surface area (Å²) < 4.78 is 0. The van der Waals surface area contributed by atoms with Gasteiger partial charge < -0.3 is 10.3 Å². The third-order valence-corrected chi connectivity index (χ3v) is 3.09. The highest BCUT2D eigenvalue weighted by Crippen LogP contribution is 2.14. The highest BCUT2D eigenvalue weighted by molar-refractivity contribution is 5.97. The second-order valence-corrected chi connectivity index (χ2v) is 4.59. The van der Waals surface area contributed by atoms with E-state index in [0.29, 0.717) is 5.69 Å². The number of carbonyl (C=O) groups excluding carboxylic acids is 1. The average molecular weight is 244 g/mol. The van der Waals surface area contributed by atoms with Gasteiger partial charge in [-0.15, -0.1) is 0 Å². The Hall–Kier alpha value is -1.77. The normalized spacial score (nSPS) is 10.7. The summed E-state index contributed by atoms with van der Waals surface area (Å²) in [5.74, 6) is -0.0114. The number of hydrogen-bond acceptors (Lipinski definition) is 1. The molecule has 0 saturated carbocycles. The Balaban J connectivity index is 1.88. The molecule has 2 N–H and O–H groups in total. The molecule has 0 unspecified atom stereocenters. The van der Waals surface area contributed by atoms with Crippen LogP contribution in [0.25, 0.3) is 10.9 Å². The molecule has 2 rings (SSSR count). The van der Waals surface area contributed by atoms with Gasteiger partial charge in [-0.05, 0) is 18.6 Å².